The molecule has 2 aromatic heterocycles. The van der Waals surface area contributed by atoms with E-state index in [1.807, 2.05) is 0 Å². The summed E-state index contributed by atoms with van der Waals surface area (Å²) in [7, 11) is 0. The maximum absolute atomic E-state index is 10.7. The van der Waals surface area contributed by atoms with Gasteiger partial charge in [0.2, 0.25) is 0 Å². The molecule has 0 fully saturated rings. The van der Waals surface area contributed by atoms with Crippen molar-refractivity contribution in [2.75, 3.05) is 0 Å². The molecule has 2 heterocycles. The zero-order chi connectivity index (χ0) is 11.7. The van der Waals surface area contributed by atoms with E-state index >= 15 is 0 Å². The minimum Gasteiger partial charge on any atom is -0.478 e. The monoisotopic (exact) mass is 301 g/mol. The highest BCUT2D eigenvalue weighted by molar-refractivity contribution is 9.10. The van der Waals surface area contributed by atoms with Gasteiger partial charge < -0.3 is 5.11 Å². The number of rotatable bonds is 2. The van der Waals surface area contributed by atoms with Crippen LogP contribution in [0, 0.1) is 0 Å². The molecule has 0 spiro atoms. The number of hydrogen-bond donors (Lipinski definition) is 1. The van der Waals surface area contributed by atoms with Crippen molar-refractivity contribution in [1.29, 1.82) is 0 Å². The molecule has 7 heteroatoms. The molecule has 0 saturated carbocycles. The van der Waals surface area contributed by atoms with Crippen molar-refractivity contribution in [2.24, 2.45) is 0 Å². The van der Waals surface area contributed by atoms with Gasteiger partial charge in [0, 0.05) is 12.4 Å². The highest BCUT2D eigenvalue weighted by atomic mass is 79.9. The van der Waals surface area contributed by atoms with Gasteiger partial charge in [-0.2, -0.15) is 5.10 Å². The molecular formula is C9H5BrClN3O2. The molecule has 5 nitrogen and oxygen atoms in total. The van der Waals surface area contributed by atoms with E-state index in [1.165, 1.54) is 16.9 Å². The molecule has 1 N–H and O–H groups in total. The van der Waals surface area contributed by atoms with E-state index in [4.69, 9.17) is 16.7 Å². The number of pyridine rings is 1. The molecule has 0 aromatic carbocycles. The van der Waals surface area contributed by atoms with E-state index in [1.54, 1.807) is 12.4 Å². The first-order valence-electron chi connectivity index (χ1n) is 4.17. The van der Waals surface area contributed by atoms with E-state index in [-0.39, 0.29) is 10.6 Å². The van der Waals surface area contributed by atoms with Crippen molar-refractivity contribution in [3.05, 3.63) is 39.7 Å². The Bertz CT molecular complexity index is 555. The lowest BCUT2D eigenvalue weighted by Crippen LogP contribution is -2.03. The summed E-state index contributed by atoms with van der Waals surface area (Å²) in [5.41, 5.74) is 0.0416. The van der Waals surface area contributed by atoms with E-state index in [0.717, 1.165) is 4.47 Å². The van der Waals surface area contributed by atoms with Crippen LogP contribution in [0.3, 0.4) is 0 Å². The first kappa shape index (κ1) is 11.1. The average molecular weight is 303 g/mol. The Kier molecular flexibility index (Phi) is 2.93. The maximum Gasteiger partial charge on any atom is 0.337 e. The molecule has 0 aliphatic rings. The predicted octanol–water partition coefficient (Wildman–Crippen LogP) is 2.38. The van der Waals surface area contributed by atoms with Crippen LogP contribution < -0.4 is 0 Å². The quantitative estimate of drug-likeness (QED) is 0.925. The first-order chi connectivity index (χ1) is 7.58. The van der Waals surface area contributed by atoms with Gasteiger partial charge in [-0.1, -0.05) is 11.6 Å². The van der Waals surface area contributed by atoms with Gasteiger partial charge in [-0.05, 0) is 22.0 Å². The summed E-state index contributed by atoms with van der Waals surface area (Å²) in [6.45, 7) is 0. The van der Waals surface area contributed by atoms with Crippen LogP contribution in [0.1, 0.15) is 10.4 Å². The Hall–Kier alpha value is -1.40. The minimum absolute atomic E-state index is 0.0416. The summed E-state index contributed by atoms with van der Waals surface area (Å²) in [4.78, 5) is 14.6. The van der Waals surface area contributed by atoms with Gasteiger partial charge in [0.05, 0.1) is 21.3 Å². The number of carboxylic acid groups (broad SMARTS) is 1. The normalized spacial score (nSPS) is 10.4. The topological polar surface area (TPSA) is 68.0 Å². The van der Waals surface area contributed by atoms with Crippen molar-refractivity contribution < 1.29 is 9.90 Å². The third kappa shape index (κ3) is 2.07. The molecule has 0 bridgehead atoms. The third-order valence-electron chi connectivity index (χ3n) is 1.84. The van der Waals surface area contributed by atoms with Crippen molar-refractivity contribution in [3.63, 3.8) is 0 Å². The number of hydrogen-bond acceptors (Lipinski definition) is 3. The highest BCUT2D eigenvalue weighted by Crippen LogP contribution is 2.20. The Morgan fingerprint density at radius 3 is 2.75 bits per heavy atom. The molecule has 0 aliphatic carbocycles. The minimum atomic E-state index is -1.07. The second-order valence-electron chi connectivity index (χ2n) is 2.94. The molecule has 0 radical (unpaired) electrons. The molecule has 0 amide bonds. The number of aromatic carboxylic acids is 1. The highest BCUT2D eigenvalue weighted by Gasteiger charge is 2.10. The summed E-state index contributed by atoms with van der Waals surface area (Å²) in [5, 5.41) is 13.0. The van der Waals surface area contributed by atoms with Crippen LogP contribution in [-0.4, -0.2) is 25.8 Å². The molecule has 0 saturated heterocycles. The second kappa shape index (κ2) is 4.23. The van der Waals surface area contributed by atoms with E-state index in [9.17, 15) is 4.79 Å². The van der Waals surface area contributed by atoms with Gasteiger partial charge in [-0.15, -0.1) is 0 Å². The fourth-order valence-electron chi connectivity index (χ4n) is 1.13. The smallest absolute Gasteiger partial charge is 0.337 e. The van der Waals surface area contributed by atoms with E-state index in [0.29, 0.717) is 5.82 Å². The molecule has 2 aromatic rings. The van der Waals surface area contributed by atoms with E-state index in [2.05, 4.69) is 26.0 Å². The molecule has 0 atom stereocenters. The molecule has 2 rings (SSSR count). The lowest BCUT2D eigenvalue weighted by molar-refractivity contribution is 0.0696. The maximum atomic E-state index is 10.7. The van der Waals surface area contributed by atoms with Crippen LogP contribution in [0.4, 0.5) is 0 Å². The van der Waals surface area contributed by atoms with Gasteiger partial charge in [-0.25, -0.2) is 14.5 Å². The SMILES string of the molecule is O=C(O)c1cnc(-n2cc(Br)cn2)c(Cl)c1. The van der Waals surface area contributed by atoms with Crippen molar-refractivity contribution >= 4 is 33.5 Å². The molecule has 0 aliphatic heterocycles. The molecule has 0 unspecified atom stereocenters. The Morgan fingerprint density at radius 1 is 1.50 bits per heavy atom. The summed E-state index contributed by atoms with van der Waals surface area (Å²) in [6, 6.07) is 1.34. The van der Waals surface area contributed by atoms with Crippen molar-refractivity contribution in [1.82, 2.24) is 14.8 Å². The van der Waals surface area contributed by atoms with Crippen LogP contribution in [0.15, 0.2) is 29.1 Å². The van der Waals surface area contributed by atoms with Gasteiger partial charge >= 0.3 is 5.97 Å². The standard InChI is InChI=1S/C9H5BrClN3O2/c10-6-3-13-14(4-6)8-7(11)1-5(2-12-8)9(15)16/h1-4H,(H,15,16). The molecule has 16 heavy (non-hydrogen) atoms. The van der Waals surface area contributed by atoms with Gasteiger partial charge in [0.1, 0.15) is 0 Å². The van der Waals surface area contributed by atoms with E-state index < -0.39 is 5.97 Å². The average Bonchev–Trinajstić information content (AvgIpc) is 2.64. The van der Waals surface area contributed by atoms with Crippen LogP contribution in [0.25, 0.3) is 5.82 Å². The summed E-state index contributed by atoms with van der Waals surface area (Å²) in [5.74, 6) is -0.681. The Labute approximate surface area is 104 Å². The van der Waals surface area contributed by atoms with Crippen LogP contribution in [0.2, 0.25) is 5.02 Å². The molecule has 82 valence electrons. The number of carboxylic acids is 1. The number of aromatic nitrogens is 3. The Balaban J connectivity index is 2.47. The predicted molar refractivity (Wildman–Crippen MR) is 61.0 cm³/mol. The first-order valence-corrected chi connectivity index (χ1v) is 5.34. The number of nitrogens with zero attached hydrogens (tertiary/aromatic N) is 3. The second-order valence-corrected chi connectivity index (χ2v) is 4.26. The number of halogens is 2. The summed E-state index contributed by atoms with van der Waals surface area (Å²) in [6.07, 6.45) is 4.50. The van der Waals surface area contributed by atoms with Crippen LogP contribution >= 0.6 is 27.5 Å². The van der Waals surface area contributed by atoms with Crippen LogP contribution in [0.5, 0.6) is 0 Å². The third-order valence-corrected chi connectivity index (χ3v) is 2.52. The molecular weight excluding hydrogens is 297 g/mol. The van der Waals surface area contributed by atoms with Gasteiger partial charge in [0.25, 0.3) is 0 Å². The zero-order valence-electron chi connectivity index (χ0n) is 7.76. The zero-order valence-corrected chi connectivity index (χ0v) is 10.1. The van der Waals surface area contributed by atoms with Crippen molar-refractivity contribution in [3.8, 4) is 5.82 Å². The van der Waals surface area contributed by atoms with Gasteiger partial charge in [-0.3, -0.25) is 0 Å². The summed E-state index contributed by atoms with van der Waals surface area (Å²) >= 11 is 9.16. The fraction of sp³-hybridized carbons (Fsp3) is 0. The fourth-order valence-corrected chi connectivity index (χ4v) is 1.67. The lowest BCUT2D eigenvalue weighted by atomic mass is 10.3. The largest absolute Gasteiger partial charge is 0.478 e. The Morgan fingerprint density at radius 2 is 2.25 bits per heavy atom. The summed E-state index contributed by atoms with van der Waals surface area (Å²) < 4.78 is 2.24. The van der Waals surface area contributed by atoms with Gasteiger partial charge in [0.15, 0.2) is 5.82 Å². The lowest BCUT2D eigenvalue weighted by Gasteiger charge is -2.03. The number of carbonyl (C=O) groups is 1. The van der Waals surface area contributed by atoms with Crippen molar-refractivity contribution in [2.45, 2.75) is 0 Å². The van der Waals surface area contributed by atoms with Crippen LogP contribution in [-0.2, 0) is 0 Å².